The Morgan fingerprint density at radius 3 is 2.75 bits per heavy atom. The van der Waals surface area contributed by atoms with Crippen LogP contribution in [0.15, 0.2) is 36.4 Å². The second kappa shape index (κ2) is 6.78. The molecule has 0 fully saturated rings. The normalized spacial score (nSPS) is 17.3. The fourth-order valence-corrected chi connectivity index (χ4v) is 3.20. The Kier molecular flexibility index (Phi) is 4.73. The molecular formula is C17H23N3O3Si. The second-order valence-corrected chi connectivity index (χ2v) is 11.4. The molecule has 0 saturated heterocycles. The van der Waals surface area contributed by atoms with E-state index in [1.54, 1.807) is 10.7 Å². The first kappa shape index (κ1) is 16.7. The fraction of sp³-hybridized carbons (Fsp3) is 0.412. The number of nitrogens with zero attached hydrogens (tertiary/aromatic N) is 2. The molecule has 1 amide bonds. The van der Waals surface area contributed by atoms with E-state index in [9.17, 15) is 4.79 Å². The molecule has 7 heteroatoms. The number of aromatic nitrogens is 2. The average molecular weight is 345 g/mol. The fourth-order valence-electron chi connectivity index (χ4n) is 2.50. The van der Waals surface area contributed by atoms with E-state index in [2.05, 4.69) is 30.1 Å². The van der Waals surface area contributed by atoms with Gasteiger partial charge in [0.05, 0.1) is 19.2 Å². The Labute approximate surface area is 142 Å². The predicted molar refractivity (Wildman–Crippen MR) is 93.6 cm³/mol. The zero-order valence-electron chi connectivity index (χ0n) is 14.3. The third-order valence-electron chi connectivity index (χ3n) is 3.64. The van der Waals surface area contributed by atoms with E-state index < -0.39 is 8.32 Å². The number of fused-ring (bicyclic) bond motifs is 1. The van der Waals surface area contributed by atoms with Crippen molar-refractivity contribution in [1.82, 2.24) is 15.1 Å². The lowest BCUT2D eigenvalue weighted by atomic mass is 10.2. The highest BCUT2D eigenvalue weighted by molar-refractivity contribution is 6.69. The maximum absolute atomic E-state index is 12.3. The maximum atomic E-state index is 12.3. The van der Waals surface area contributed by atoms with Crippen LogP contribution >= 0.6 is 0 Å². The number of rotatable bonds is 6. The summed E-state index contributed by atoms with van der Waals surface area (Å²) in [6.45, 7) is 7.89. The van der Waals surface area contributed by atoms with Gasteiger partial charge < -0.3 is 14.5 Å². The second-order valence-electron chi connectivity index (χ2n) is 6.90. The molecule has 2 aromatic rings. The summed E-state index contributed by atoms with van der Waals surface area (Å²) >= 11 is 0. The van der Waals surface area contributed by atoms with Gasteiger partial charge in [0.1, 0.15) is 23.7 Å². The monoisotopic (exact) mass is 345 g/mol. The van der Waals surface area contributed by atoms with E-state index in [1.165, 1.54) is 0 Å². The first-order valence-electron chi connectivity index (χ1n) is 8.10. The van der Waals surface area contributed by atoms with Crippen LogP contribution in [0.25, 0.3) is 0 Å². The smallest absolute Gasteiger partial charge is 0.269 e. The van der Waals surface area contributed by atoms with Crippen molar-refractivity contribution in [3.05, 3.63) is 47.8 Å². The minimum absolute atomic E-state index is 0.0421. The zero-order valence-corrected chi connectivity index (χ0v) is 15.3. The Morgan fingerprint density at radius 1 is 1.29 bits per heavy atom. The molecule has 0 bridgehead atoms. The molecule has 0 saturated carbocycles. The number of ether oxygens (including phenoxy) is 1. The van der Waals surface area contributed by atoms with Gasteiger partial charge in [-0.2, -0.15) is 5.10 Å². The van der Waals surface area contributed by atoms with Gasteiger partial charge in [0.15, 0.2) is 8.32 Å². The molecule has 2 heterocycles. The van der Waals surface area contributed by atoms with Crippen LogP contribution in [0.4, 0.5) is 0 Å². The van der Waals surface area contributed by atoms with Gasteiger partial charge in [-0.3, -0.25) is 9.48 Å². The molecule has 1 aliphatic heterocycles. The van der Waals surface area contributed by atoms with Gasteiger partial charge in [-0.15, -0.1) is 0 Å². The molecule has 0 spiro atoms. The highest BCUT2D eigenvalue weighted by atomic mass is 28.4. The lowest BCUT2D eigenvalue weighted by Crippen LogP contribution is -2.48. The summed E-state index contributed by atoms with van der Waals surface area (Å²) in [6.07, 6.45) is 0. The van der Waals surface area contributed by atoms with Gasteiger partial charge in [0, 0.05) is 0 Å². The molecule has 3 rings (SSSR count). The minimum Gasteiger partial charge on any atom is -0.487 e. The van der Waals surface area contributed by atoms with Crippen LogP contribution in [-0.2, 0) is 17.6 Å². The molecule has 1 atom stereocenters. The lowest BCUT2D eigenvalue weighted by molar-refractivity contribution is 0.0868. The van der Waals surface area contributed by atoms with Gasteiger partial charge in [0.25, 0.3) is 5.91 Å². The Bertz CT molecular complexity index is 710. The SMILES string of the molecule is C[Si](C)(C)OC[C@H]1Cn2nc(COc3ccccc3)cc2C(=O)N1. The number of nitrogens with one attached hydrogen (secondary N) is 1. The van der Waals surface area contributed by atoms with Crippen molar-refractivity contribution in [1.29, 1.82) is 0 Å². The number of benzene rings is 1. The first-order chi connectivity index (χ1) is 11.4. The van der Waals surface area contributed by atoms with E-state index in [1.807, 2.05) is 30.3 Å². The van der Waals surface area contributed by atoms with Crippen LogP contribution < -0.4 is 10.1 Å². The molecular weight excluding hydrogens is 322 g/mol. The van der Waals surface area contributed by atoms with Gasteiger partial charge in [-0.25, -0.2) is 0 Å². The first-order valence-corrected chi connectivity index (χ1v) is 11.5. The van der Waals surface area contributed by atoms with Gasteiger partial charge >= 0.3 is 0 Å². The topological polar surface area (TPSA) is 65.4 Å². The van der Waals surface area contributed by atoms with E-state index in [0.29, 0.717) is 25.5 Å². The standard InChI is InChI=1S/C17H23N3O3Si/c1-24(2,3)23-12-14-10-20-16(17(21)18-14)9-13(19-20)11-22-15-7-5-4-6-8-15/h4-9,14H,10-12H2,1-3H3,(H,18,21)/t14-/m1/s1. The third-order valence-corrected chi connectivity index (χ3v) is 4.67. The van der Waals surface area contributed by atoms with Crippen LogP contribution in [0.1, 0.15) is 16.2 Å². The minimum atomic E-state index is -1.60. The van der Waals surface area contributed by atoms with Crippen LogP contribution in [0.2, 0.25) is 19.6 Å². The number of hydrogen-bond donors (Lipinski definition) is 1. The number of amides is 1. The van der Waals surface area contributed by atoms with Crippen LogP contribution in [-0.4, -0.2) is 36.7 Å². The maximum Gasteiger partial charge on any atom is 0.269 e. The van der Waals surface area contributed by atoms with Crippen molar-refractivity contribution in [2.24, 2.45) is 0 Å². The Hall–Kier alpha value is -2.12. The highest BCUT2D eigenvalue weighted by Gasteiger charge is 2.27. The predicted octanol–water partition coefficient (Wildman–Crippen LogP) is 2.43. The molecule has 1 aromatic heterocycles. The summed E-state index contributed by atoms with van der Waals surface area (Å²) in [6, 6.07) is 11.3. The molecule has 128 valence electrons. The summed E-state index contributed by atoms with van der Waals surface area (Å²) in [5, 5.41) is 7.49. The molecule has 1 aliphatic rings. The van der Waals surface area contributed by atoms with Crippen molar-refractivity contribution in [3.8, 4) is 5.75 Å². The van der Waals surface area contributed by atoms with Crippen molar-refractivity contribution in [2.75, 3.05) is 6.61 Å². The third kappa shape index (κ3) is 4.24. The van der Waals surface area contributed by atoms with Crippen molar-refractivity contribution < 1.29 is 14.0 Å². The molecule has 1 N–H and O–H groups in total. The summed E-state index contributed by atoms with van der Waals surface area (Å²) in [4.78, 5) is 12.3. The molecule has 1 aromatic carbocycles. The highest BCUT2D eigenvalue weighted by Crippen LogP contribution is 2.15. The van der Waals surface area contributed by atoms with Gasteiger partial charge in [-0.1, -0.05) is 18.2 Å². The average Bonchev–Trinajstić information content (AvgIpc) is 2.95. The number of carbonyl (C=O) groups excluding carboxylic acids is 1. The van der Waals surface area contributed by atoms with Crippen molar-refractivity contribution in [3.63, 3.8) is 0 Å². The molecule has 0 aliphatic carbocycles. The summed E-state index contributed by atoms with van der Waals surface area (Å²) in [5.41, 5.74) is 1.32. The number of carbonyl (C=O) groups is 1. The van der Waals surface area contributed by atoms with Gasteiger partial charge in [-0.05, 0) is 37.8 Å². The quantitative estimate of drug-likeness (QED) is 0.817. The lowest BCUT2D eigenvalue weighted by Gasteiger charge is -2.27. The summed E-state index contributed by atoms with van der Waals surface area (Å²) in [5.74, 6) is 0.679. The van der Waals surface area contributed by atoms with Crippen LogP contribution in [0.5, 0.6) is 5.75 Å². The molecule has 0 unspecified atom stereocenters. The van der Waals surface area contributed by atoms with E-state index >= 15 is 0 Å². The van der Waals surface area contributed by atoms with E-state index in [4.69, 9.17) is 9.16 Å². The molecule has 6 nitrogen and oxygen atoms in total. The summed E-state index contributed by atoms with van der Waals surface area (Å²) < 4.78 is 13.4. The summed E-state index contributed by atoms with van der Waals surface area (Å²) in [7, 11) is -1.60. The van der Waals surface area contributed by atoms with Gasteiger partial charge in [0.2, 0.25) is 0 Å². The van der Waals surface area contributed by atoms with E-state index in [0.717, 1.165) is 11.4 Å². The van der Waals surface area contributed by atoms with Crippen LogP contribution in [0.3, 0.4) is 0 Å². The largest absolute Gasteiger partial charge is 0.487 e. The Morgan fingerprint density at radius 2 is 2.04 bits per heavy atom. The zero-order chi connectivity index (χ0) is 17.2. The molecule has 24 heavy (non-hydrogen) atoms. The Balaban J connectivity index is 1.63. The number of hydrogen-bond acceptors (Lipinski definition) is 4. The van der Waals surface area contributed by atoms with E-state index in [-0.39, 0.29) is 11.9 Å². The van der Waals surface area contributed by atoms with Crippen molar-refractivity contribution in [2.45, 2.75) is 38.8 Å². The van der Waals surface area contributed by atoms with Crippen LogP contribution in [0, 0.1) is 0 Å². The van der Waals surface area contributed by atoms with Crippen molar-refractivity contribution >= 4 is 14.2 Å². The molecule has 0 radical (unpaired) electrons. The number of para-hydroxylation sites is 1.